The summed E-state index contributed by atoms with van der Waals surface area (Å²) in [5.41, 5.74) is 7.05. The number of halogens is 1. The Kier molecular flexibility index (Phi) is 5.29. The molecular formula is C15H25FN2. The quantitative estimate of drug-likeness (QED) is 0.843. The van der Waals surface area contributed by atoms with Crippen LogP contribution in [0.2, 0.25) is 0 Å². The van der Waals surface area contributed by atoms with E-state index in [2.05, 4.69) is 32.7 Å². The molecule has 0 saturated carbocycles. The van der Waals surface area contributed by atoms with Gasteiger partial charge in [-0.2, -0.15) is 0 Å². The van der Waals surface area contributed by atoms with Gasteiger partial charge < -0.3 is 10.6 Å². The molecule has 0 aliphatic rings. The molecule has 102 valence electrons. The Morgan fingerprint density at radius 2 is 1.83 bits per heavy atom. The average molecular weight is 252 g/mol. The summed E-state index contributed by atoms with van der Waals surface area (Å²) in [6.07, 6.45) is 0.928. The second-order valence-electron chi connectivity index (χ2n) is 5.96. The summed E-state index contributed by atoms with van der Waals surface area (Å²) in [4.78, 5) is 2.32. The third-order valence-electron chi connectivity index (χ3n) is 3.43. The molecule has 1 aromatic carbocycles. The third-order valence-corrected chi connectivity index (χ3v) is 3.43. The molecule has 0 aromatic heterocycles. The van der Waals surface area contributed by atoms with E-state index >= 15 is 0 Å². The van der Waals surface area contributed by atoms with Crippen LogP contribution in [0.3, 0.4) is 0 Å². The summed E-state index contributed by atoms with van der Waals surface area (Å²) < 4.78 is 12.8. The molecule has 0 spiro atoms. The first-order chi connectivity index (χ1) is 8.34. The second-order valence-corrected chi connectivity index (χ2v) is 5.96. The van der Waals surface area contributed by atoms with E-state index in [1.54, 1.807) is 0 Å². The molecule has 0 aliphatic carbocycles. The van der Waals surface area contributed by atoms with Crippen LogP contribution in [0.25, 0.3) is 0 Å². The summed E-state index contributed by atoms with van der Waals surface area (Å²) in [5.74, 6) is -0.177. The first-order valence-corrected chi connectivity index (χ1v) is 6.49. The van der Waals surface area contributed by atoms with Gasteiger partial charge in [0.1, 0.15) is 5.82 Å². The van der Waals surface area contributed by atoms with Crippen molar-refractivity contribution in [1.82, 2.24) is 4.90 Å². The summed E-state index contributed by atoms with van der Waals surface area (Å²) in [6, 6.07) is 7.17. The number of benzene rings is 1. The van der Waals surface area contributed by atoms with Crippen molar-refractivity contribution >= 4 is 0 Å². The van der Waals surface area contributed by atoms with Crippen molar-refractivity contribution in [3.63, 3.8) is 0 Å². The molecular weight excluding hydrogens is 227 g/mol. The summed E-state index contributed by atoms with van der Waals surface area (Å²) >= 11 is 0. The monoisotopic (exact) mass is 252 g/mol. The lowest BCUT2D eigenvalue weighted by Gasteiger charge is -2.33. The molecule has 2 N–H and O–H groups in total. The second kappa shape index (κ2) is 6.30. The van der Waals surface area contributed by atoms with Crippen LogP contribution < -0.4 is 5.73 Å². The van der Waals surface area contributed by atoms with Crippen LogP contribution in [0.15, 0.2) is 24.3 Å². The highest BCUT2D eigenvalue weighted by Crippen LogP contribution is 2.17. The van der Waals surface area contributed by atoms with Gasteiger partial charge in [-0.05, 0) is 50.0 Å². The SMILES string of the molecule is CC(Cc1ccc(F)cc1)N(C)CC(C)(C)CN. The first-order valence-electron chi connectivity index (χ1n) is 6.49. The molecule has 0 aliphatic heterocycles. The van der Waals surface area contributed by atoms with Gasteiger partial charge in [-0.25, -0.2) is 4.39 Å². The Hall–Kier alpha value is -0.930. The van der Waals surface area contributed by atoms with E-state index < -0.39 is 0 Å². The predicted molar refractivity (Wildman–Crippen MR) is 75.0 cm³/mol. The molecule has 0 radical (unpaired) electrons. The van der Waals surface area contributed by atoms with Crippen LogP contribution in [-0.4, -0.2) is 31.1 Å². The van der Waals surface area contributed by atoms with Crippen molar-refractivity contribution in [1.29, 1.82) is 0 Å². The van der Waals surface area contributed by atoms with Gasteiger partial charge in [0.15, 0.2) is 0 Å². The predicted octanol–water partition coefficient (Wildman–Crippen LogP) is 2.67. The van der Waals surface area contributed by atoms with Gasteiger partial charge in [-0.1, -0.05) is 26.0 Å². The molecule has 1 rings (SSSR count). The van der Waals surface area contributed by atoms with Crippen molar-refractivity contribution in [2.45, 2.75) is 33.2 Å². The minimum absolute atomic E-state index is 0.131. The summed E-state index contributed by atoms with van der Waals surface area (Å²) in [6.45, 7) is 8.19. The molecule has 0 heterocycles. The standard InChI is InChI=1S/C15H25FN2/c1-12(18(4)11-15(2,3)10-17)9-13-5-7-14(16)8-6-13/h5-8,12H,9-11,17H2,1-4H3. The zero-order valence-corrected chi connectivity index (χ0v) is 11.9. The number of nitrogens with zero attached hydrogens (tertiary/aromatic N) is 1. The summed E-state index contributed by atoms with van der Waals surface area (Å²) in [7, 11) is 2.12. The molecule has 0 amide bonds. The minimum atomic E-state index is -0.177. The van der Waals surface area contributed by atoms with Gasteiger partial charge in [-0.15, -0.1) is 0 Å². The Morgan fingerprint density at radius 1 is 1.28 bits per heavy atom. The molecule has 1 aromatic rings. The maximum absolute atomic E-state index is 12.8. The normalized spacial score (nSPS) is 13.9. The van der Waals surface area contributed by atoms with Gasteiger partial charge in [-0.3, -0.25) is 0 Å². The molecule has 0 fully saturated rings. The van der Waals surface area contributed by atoms with Crippen molar-refractivity contribution < 1.29 is 4.39 Å². The molecule has 0 saturated heterocycles. The highest BCUT2D eigenvalue weighted by atomic mass is 19.1. The number of rotatable bonds is 6. The Morgan fingerprint density at radius 3 is 2.33 bits per heavy atom. The number of nitrogens with two attached hydrogens (primary N) is 1. The van der Waals surface area contributed by atoms with E-state index in [1.807, 2.05) is 12.1 Å². The van der Waals surface area contributed by atoms with Crippen LogP contribution >= 0.6 is 0 Å². The molecule has 1 atom stereocenters. The fourth-order valence-corrected chi connectivity index (χ4v) is 2.01. The van der Waals surface area contributed by atoms with Crippen LogP contribution in [0, 0.1) is 11.2 Å². The zero-order valence-electron chi connectivity index (χ0n) is 11.9. The zero-order chi connectivity index (χ0) is 13.8. The lowest BCUT2D eigenvalue weighted by Crippen LogP contribution is -2.41. The Balaban J connectivity index is 2.54. The van der Waals surface area contributed by atoms with Gasteiger partial charge >= 0.3 is 0 Å². The van der Waals surface area contributed by atoms with Gasteiger partial charge in [0.05, 0.1) is 0 Å². The maximum atomic E-state index is 12.8. The van der Waals surface area contributed by atoms with E-state index in [0.717, 1.165) is 13.0 Å². The fraction of sp³-hybridized carbons (Fsp3) is 0.600. The van der Waals surface area contributed by atoms with Crippen molar-refractivity contribution in [3.05, 3.63) is 35.6 Å². The van der Waals surface area contributed by atoms with Crippen LogP contribution in [0.5, 0.6) is 0 Å². The maximum Gasteiger partial charge on any atom is 0.123 e. The van der Waals surface area contributed by atoms with Gasteiger partial charge in [0.2, 0.25) is 0 Å². The summed E-state index contributed by atoms with van der Waals surface area (Å²) in [5, 5.41) is 0. The molecule has 3 heteroatoms. The minimum Gasteiger partial charge on any atom is -0.330 e. The Bertz CT molecular complexity index is 359. The van der Waals surface area contributed by atoms with Crippen molar-refractivity contribution in [2.75, 3.05) is 20.1 Å². The molecule has 18 heavy (non-hydrogen) atoms. The number of likely N-dealkylation sites (N-methyl/N-ethyl adjacent to an activating group) is 1. The van der Waals surface area contributed by atoms with Crippen LogP contribution in [0.4, 0.5) is 4.39 Å². The lowest BCUT2D eigenvalue weighted by molar-refractivity contribution is 0.172. The lowest BCUT2D eigenvalue weighted by atomic mass is 9.92. The largest absolute Gasteiger partial charge is 0.330 e. The third kappa shape index (κ3) is 4.75. The molecule has 0 bridgehead atoms. The average Bonchev–Trinajstić information content (AvgIpc) is 2.31. The molecule has 1 unspecified atom stereocenters. The molecule has 2 nitrogen and oxygen atoms in total. The van der Waals surface area contributed by atoms with E-state index in [4.69, 9.17) is 5.73 Å². The first kappa shape index (κ1) is 15.1. The number of hydrogen-bond acceptors (Lipinski definition) is 2. The van der Waals surface area contributed by atoms with Crippen molar-refractivity contribution in [3.8, 4) is 0 Å². The van der Waals surface area contributed by atoms with E-state index in [1.165, 1.54) is 17.7 Å². The smallest absolute Gasteiger partial charge is 0.123 e. The van der Waals surface area contributed by atoms with E-state index in [-0.39, 0.29) is 11.2 Å². The topological polar surface area (TPSA) is 29.3 Å². The van der Waals surface area contributed by atoms with Gasteiger partial charge in [0.25, 0.3) is 0 Å². The highest BCUT2D eigenvalue weighted by Gasteiger charge is 2.20. The van der Waals surface area contributed by atoms with Crippen molar-refractivity contribution in [2.24, 2.45) is 11.1 Å². The highest BCUT2D eigenvalue weighted by molar-refractivity contribution is 5.17. The fourth-order valence-electron chi connectivity index (χ4n) is 2.01. The van der Waals surface area contributed by atoms with Crippen LogP contribution in [-0.2, 0) is 6.42 Å². The van der Waals surface area contributed by atoms with E-state index in [9.17, 15) is 4.39 Å². The van der Waals surface area contributed by atoms with Crippen LogP contribution in [0.1, 0.15) is 26.3 Å². The van der Waals surface area contributed by atoms with Gasteiger partial charge in [0, 0.05) is 12.6 Å². The number of hydrogen-bond donors (Lipinski definition) is 1. The Labute approximate surface area is 110 Å². The van der Waals surface area contributed by atoms with E-state index in [0.29, 0.717) is 12.6 Å².